The van der Waals surface area contributed by atoms with Crippen molar-refractivity contribution >= 4 is 44.9 Å². The van der Waals surface area contributed by atoms with Gasteiger partial charge in [-0.05, 0) is 71.3 Å². The Kier molecular flexibility index (Phi) is 8.69. The highest BCUT2D eigenvalue weighted by atomic mass is 79.9. The molecule has 0 unspecified atom stereocenters. The molecule has 2 aromatic rings. The van der Waals surface area contributed by atoms with Crippen molar-refractivity contribution in [3.8, 4) is 11.5 Å². The molecule has 0 aliphatic carbocycles. The second kappa shape index (κ2) is 11.0. The number of ether oxygens (including phenoxy) is 2. The normalized spacial score (nSPS) is 10.3. The number of anilines is 1. The van der Waals surface area contributed by atoms with E-state index in [-0.39, 0.29) is 17.6 Å². The number of hydrogen-bond acceptors (Lipinski definition) is 5. The molecule has 0 heterocycles. The van der Waals surface area contributed by atoms with Gasteiger partial charge in [0, 0.05) is 30.5 Å². The number of halogens is 1. The summed E-state index contributed by atoms with van der Waals surface area (Å²) in [5, 5.41) is 12.1. The van der Waals surface area contributed by atoms with Crippen LogP contribution in [0.15, 0.2) is 46.9 Å². The molecule has 0 saturated heterocycles. The maximum Gasteiger partial charge on any atom is 0.257 e. The lowest BCUT2D eigenvalue weighted by Gasteiger charge is -2.26. The number of carbonyl (C=O) groups excluding carboxylic acids is 1. The van der Waals surface area contributed by atoms with Crippen molar-refractivity contribution in [2.75, 3.05) is 32.3 Å². The summed E-state index contributed by atoms with van der Waals surface area (Å²) in [6, 6.07) is 12.5. The van der Waals surface area contributed by atoms with E-state index in [4.69, 9.17) is 26.8 Å². The number of hydrogen-bond donors (Lipinski definition) is 2. The molecular weight excluding hydrogens is 444 g/mol. The first-order valence-corrected chi connectivity index (χ1v) is 9.91. The molecule has 0 spiro atoms. The van der Waals surface area contributed by atoms with Crippen molar-refractivity contribution in [1.82, 2.24) is 5.32 Å². The summed E-state index contributed by atoms with van der Waals surface area (Å²) in [4.78, 5) is 14.5. The van der Waals surface area contributed by atoms with Crippen LogP contribution in [0.4, 0.5) is 5.69 Å². The summed E-state index contributed by atoms with van der Waals surface area (Å²) in [7, 11) is 3.16. The summed E-state index contributed by atoms with van der Waals surface area (Å²) in [6.45, 7) is 0.657. The van der Waals surface area contributed by atoms with E-state index in [2.05, 4.69) is 21.2 Å². The van der Waals surface area contributed by atoms with E-state index in [0.717, 1.165) is 12.1 Å². The first kappa shape index (κ1) is 22.1. The smallest absolute Gasteiger partial charge is 0.257 e. The van der Waals surface area contributed by atoms with Crippen LogP contribution in [0.3, 0.4) is 0 Å². The molecular formula is C20H23BrN2O4S. The van der Waals surface area contributed by atoms with E-state index in [1.165, 1.54) is 0 Å². The largest absolute Gasteiger partial charge is 0.497 e. The Balaban J connectivity index is 2.18. The minimum atomic E-state index is -0.316. The third kappa shape index (κ3) is 5.92. The second-order valence-corrected chi connectivity index (χ2v) is 7.13. The van der Waals surface area contributed by atoms with Gasteiger partial charge in [-0.1, -0.05) is 6.07 Å². The molecule has 2 N–H and O–H groups in total. The molecule has 0 radical (unpaired) electrons. The molecule has 0 aliphatic heterocycles. The van der Waals surface area contributed by atoms with Crippen LogP contribution >= 0.6 is 28.1 Å². The van der Waals surface area contributed by atoms with E-state index < -0.39 is 0 Å². The van der Waals surface area contributed by atoms with Crippen molar-refractivity contribution in [2.24, 2.45) is 0 Å². The lowest BCUT2D eigenvalue weighted by molar-refractivity contribution is 0.0977. The fourth-order valence-corrected chi connectivity index (χ4v) is 3.38. The highest BCUT2D eigenvalue weighted by Gasteiger charge is 2.17. The molecule has 0 fully saturated rings. The minimum Gasteiger partial charge on any atom is -0.497 e. The molecule has 0 aliphatic rings. The Labute approximate surface area is 178 Å². The average molecular weight is 467 g/mol. The summed E-state index contributed by atoms with van der Waals surface area (Å²) in [6.07, 6.45) is 1.36. The third-order valence-electron chi connectivity index (χ3n) is 4.03. The van der Waals surface area contributed by atoms with Gasteiger partial charge in [0.15, 0.2) is 5.11 Å². The summed E-state index contributed by atoms with van der Waals surface area (Å²) in [5.41, 5.74) is 1.26. The highest BCUT2D eigenvalue weighted by molar-refractivity contribution is 9.10. The molecule has 2 aromatic carbocycles. The molecule has 0 saturated carbocycles. The molecule has 6 nitrogen and oxygen atoms in total. The number of aliphatic hydroxyl groups excluding tert-OH is 1. The first-order chi connectivity index (χ1) is 13.5. The molecule has 1 amide bonds. The Bertz CT molecular complexity index is 832. The van der Waals surface area contributed by atoms with Crippen LogP contribution in [0.1, 0.15) is 23.2 Å². The van der Waals surface area contributed by atoms with Crippen molar-refractivity contribution in [3.05, 3.63) is 52.5 Å². The number of rotatable bonds is 8. The Morgan fingerprint density at radius 3 is 2.61 bits per heavy atom. The zero-order chi connectivity index (χ0) is 20.5. The minimum absolute atomic E-state index is 0.102. The van der Waals surface area contributed by atoms with Crippen LogP contribution in [-0.4, -0.2) is 43.5 Å². The van der Waals surface area contributed by atoms with Crippen LogP contribution in [0, 0.1) is 0 Å². The fourth-order valence-electron chi connectivity index (χ4n) is 2.55. The second-order valence-electron chi connectivity index (χ2n) is 5.89. The van der Waals surface area contributed by atoms with E-state index in [0.29, 0.717) is 34.5 Å². The van der Waals surface area contributed by atoms with Crippen molar-refractivity contribution in [1.29, 1.82) is 0 Å². The van der Waals surface area contributed by atoms with Gasteiger partial charge in [-0.2, -0.15) is 0 Å². The number of benzene rings is 2. The van der Waals surface area contributed by atoms with Crippen LogP contribution in [0.5, 0.6) is 11.5 Å². The first-order valence-electron chi connectivity index (χ1n) is 8.71. The number of carbonyl (C=O) groups is 1. The van der Waals surface area contributed by atoms with Crippen LogP contribution in [0.25, 0.3) is 0 Å². The highest BCUT2D eigenvalue weighted by Crippen LogP contribution is 2.26. The van der Waals surface area contributed by atoms with Gasteiger partial charge in [0.05, 0.1) is 18.7 Å². The van der Waals surface area contributed by atoms with Gasteiger partial charge in [0.25, 0.3) is 5.91 Å². The zero-order valence-electron chi connectivity index (χ0n) is 15.8. The Hall–Kier alpha value is -2.16. The summed E-state index contributed by atoms with van der Waals surface area (Å²) < 4.78 is 11.2. The quantitative estimate of drug-likeness (QED) is 0.455. The van der Waals surface area contributed by atoms with Crippen LogP contribution < -0.4 is 19.7 Å². The van der Waals surface area contributed by atoms with Crippen LogP contribution in [0.2, 0.25) is 0 Å². The van der Waals surface area contributed by atoms with Crippen molar-refractivity contribution < 1.29 is 19.4 Å². The number of thiocarbonyl (C=S) groups is 1. The number of nitrogens with one attached hydrogen (secondary N) is 1. The molecule has 28 heavy (non-hydrogen) atoms. The average Bonchev–Trinajstić information content (AvgIpc) is 2.71. The molecule has 0 aromatic heterocycles. The van der Waals surface area contributed by atoms with E-state index in [1.807, 2.05) is 29.2 Å². The lowest BCUT2D eigenvalue weighted by atomic mass is 10.2. The van der Waals surface area contributed by atoms with E-state index in [9.17, 15) is 4.79 Å². The zero-order valence-corrected chi connectivity index (χ0v) is 18.2. The van der Waals surface area contributed by atoms with Gasteiger partial charge in [-0.3, -0.25) is 10.1 Å². The predicted octanol–water partition coefficient (Wildman–Crippen LogP) is 3.76. The predicted molar refractivity (Wildman–Crippen MR) is 117 cm³/mol. The summed E-state index contributed by atoms with van der Waals surface area (Å²) in [5.74, 6) is 1.02. The molecule has 0 atom stereocenters. The van der Waals surface area contributed by atoms with E-state index in [1.54, 1.807) is 32.4 Å². The summed E-state index contributed by atoms with van der Waals surface area (Å²) >= 11 is 8.88. The maximum atomic E-state index is 12.6. The third-order valence-corrected chi connectivity index (χ3v) is 4.98. The monoisotopic (exact) mass is 466 g/mol. The van der Waals surface area contributed by atoms with Crippen molar-refractivity contribution in [2.45, 2.75) is 12.8 Å². The molecule has 8 heteroatoms. The van der Waals surface area contributed by atoms with Gasteiger partial charge < -0.3 is 19.5 Å². The number of nitrogens with zero attached hydrogens (tertiary/aromatic N) is 1. The number of amides is 1. The Morgan fingerprint density at radius 1 is 1.18 bits per heavy atom. The van der Waals surface area contributed by atoms with Gasteiger partial charge in [0.1, 0.15) is 11.5 Å². The van der Waals surface area contributed by atoms with Crippen LogP contribution in [-0.2, 0) is 0 Å². The van der Waals surface area contributed by atoms with Gasteiger partial charge in [-0.15, -0.1) is 0 Å². The SMILES string of the molecule is COc1cccc(N(CCCCO)C(=S)NC(=O)c2ccc(OC)c(Br)c2)c1. The Morgan fingerprint density at radius 2 is 1.96 bits per heavy atom. The van der Waals surface area contributed by atoms with Gasteiger partial charge in [-0.25, -0.2) is 0 Å². The van der Waals surface area contributed by atoms with Gasteiger partial charge >= 0.3 is 0 Å². The molecule has 2 rings (SSSR count). The topological polar surface area (TPSA) is 71.0 Å². The number of aliphatic hydroxyl groups is 1. The molecule has 150 valence electrons. The van der Waals surface area contributed by atoms with Gasteiger partial charge in [0.2, 0.25) is 0 Å². The maximum absolute atomic E-state index is 12.6. The standard InChI is InChI=1S/C20H23BrN2O4S/c1-26-16-7-5-6-15(13-16)23(10-3-4-11-24)20(28)22-19(25)14-8-9-18(27-2)17(21)12-14/h5-9,12-13,24H,3-4,10-11H2,1-2H3,(H,22,25,28). The lowest BCUT2D eigenvalue weighted by Crippen LogP contribution is -2.43. The molecule has 0 bridgehead atoms. The fraction of sp³-hybridized carbons (Fsp3) is 0.300. The number of unbranched alkanes of at least 4 members (excludes halogenated alkanes) is 1. The van der Waals surface area contributed by atoms with E-state index >= 15 is 0 Å². The van der Waals surface area contributed by atoms with Crippen molar-refractivity contribution in [3.63, 3.8) is 0 Å². The number of methoxy groups -OCH3 is 2.